The normalized spacial score (nSPS) is 21.6. The number of para-hydroxylation sites is 1. The van der Waals surface area contributed by atoms with Gasteiger partial charge in [-0.1, -0.05) is 18.2 Å². The Labute approximate surface area is 163 Å². The van der Waals surface area contributed by atoms with Crippen LogP contribution < -0.4 is 10.0 Å². The molecule has 0 atom stereocenters. The van der Waals surface area contributed by atoms with Crippen LogP contribution in [0.25, 0.3) is 10.9 Å². The predicted octanol–water partition coefficient (Wildman–Crippen LogP) is 3.58. The summed E-state index contributed by atoms with van der Waals surface area (Å²) in [4.78, 5) is 3.33. The molecule has 0 radical (unpaired) electrons. The summed E-state index contributed by atoms with van der Waals surface area (Å²) < 4.78 is 26.7. The molecule has 0 saturated heterocycles. The fourth-order valence-corrected chi connectivity index (χ4v) is 4.78. The highest BCUT2D eigenvalue weighted by molar-refractivity contribution is 7.90. The molecule has 1 aliphatic rings. The number of rotatable bonds is 7. The standard InChI is InChI=1S/C21H33N3O2S/c1-21(2,3)27(25,26)24-18-10-8-16(9-11-18)14-22-13-12-17-15-23-20-7-5-4-6-19(17)20/h4-7,15-16,18,22-24H,8-14H2,1-3H3/t16-,18-. The van der Waals surface area contributed by atoms with Crippen LogP contribution in [0.2, 0.25) is 0 Å². The molecule has 27 heavy (non-hydrogen) atoms. The maximum absolute atomic E-state index is 12.3. The summed E-state index contributed by atoms with van der Waals surface area (Å²) >= 11 is 0. The van der Waals surface area contributed by atoms with Gasteiger partial charge in [-0.25, -0.2) is 13.1 Å². The molecule has 150 valence electrons. The quantitative estimate of drug-likeness (QED) is 0.632. The van der Waals surface area contributed by atoms with Gasteiger partial charge in [0.1, 0.15) is 0 Å². The van der Waals surface area contributed by atoms with E-state index in [-0.39, 0.29) is 6.04 Å². The van der Waals surface area contributed by atoms with E-state index in [2.05, 4.69) is 45.5 Å². The third kappa shape index (κ3) is 5.12. The minimum Gasteiger partial charge on any atom is -0.361 e. The van der Waals surface area contributed by atoms with Crippen LogP contribution in [0.1, 0.15) is 52.0 Å². The summed E-state index contributed by atoms with van der Waals surface area (Å²) in [5, 5.41) is 4.90. The molecular formula is C21H33N3O2S. The van der Waals surface area contributed by atoms with Crippen LogP contribution in [0.4, 0.5) is 0 Å². The molecule has 0 amide bonds. The first-order valence-electron chi connectivity index (χ1n) is 10.0. The van der Waals surface area contributed by atoms with Gasteiger partial charge in [0.15, 0.2) is 0 Å². The predicted molar refractivity (Wildman–Crippen MR) is 112 cm³/mol. The minimum atomic E-state index is -3.25. The van der Waals surface area contributed by atoms with Crippen molar-refractivity contribution in [1.29, 1.82) is 0 Å². The van der Waals surface area contributed by atoms with Gasteiger partial charge in [-0.05, 0) is 83.5 Å². The van der Waals surface area contributed by atoms with Gasteiger partial charge in [0, 0.05) is 23.1 Å². The fraction of sp³-hybridized carbons (Fsp3) is 0.619. The summed E-state index contributed by atoms with van der Waals surface area (Å²) in [5.41, 5.74) is 2.56. The topological polar surface area (TPSA) is 74.0 Å². The lowest BCUT2D eigenvalue weighted by atomic mass is 9.86. The molecule has 1 fully saturated rings. The van der Waals surface area contributed by atoms with Crippen LogP contribution in [0.3, 0.4) is 0 Å². The van der Waals surface area contributed by atoms with Crippen molar-refractivity contribution in [3.63, 3.8) is 0 Å². The van der Waals surface area contributed by atoms with E-state index in [0.717, 1.165) is 45.2 Å². The van der Waals surface area contributed by atoms with Gasteiger partial charge >= 0.3 is 0 Å². The van der Waals surface area contributed by atoms with Crippen molar-refractivity contribution in [2.75, 3.05) is 13.1 Å². The van der Waals surface area contributed by atoms with E-state index in [1.54, 1.807) is 20.8 Å². The van der Waals surface area contributed by atoms with E-state index in [0.29, 0.717) is 5.92 Å². The van der Waals surface area contributed by atoms with Crippen LogP contribution in [0, 0.1) is 5.92 Å². The van der Waals surface area contributed by atoms with Crippen LogP contribution >= 0.6 is 0 Å². The maximum atomic E-state index is 12.3. The van der Waals surface area contributed by atoms with Crippen molar-refractivity contribution in [1.82, 2.24) is 15.0 Å². The Balaban J connectivity index is 1.38. The molecule has 1 aromatic heterocycles. The number of H-pyrrole nitrogens is 1. The Bertz CT molecular complexity index is 844. The summed E-state index contributed by atoms with van der Waals surface area (Å²) in [7, 11) is -3.25. The van der Waals surface area contributed by atoms with Gasteiger partial charge in [-0.3, -0.25) is 0 Å². The van der Waals surface area contributed by atoms with Gasteiger partial charge in [-0.2, -0.15) is 0 Å². The van der Waals surface area contributed by atoms with Crippen LogP contribution in [-0.4, -0.2) is 37.3 Å². The molecule has 2 aromatic rings. The van der Waals surface area contributed by atoms with Crippen LogP contribution in [0.5, 0.6) is 0 Å². The lowest BCUT2D eigenvalue weighted by molar-refractivity contribution is 0.302. The Kier molecular flexibility index (Phi) is 6.28. The molecule has 1 aromatic carbocycles. The molecule has 1 aliphatic carbocycles. The zero-order chi connectivity index (χ0) is 19.5. The first-order chi connectivity index (χ1) is 12.8. The largest absolute Gasteiger partial charge is 0.361 e. The molecule has 1 heterocycles. The Morgan fingerprint density at radius 1 is 1.11 bits per heavy atom. The second-order valence-electron chi connectivity index (χ2n) is 8.76. The molecule has 0 spiro atoms. The van der Waals surface area contributed by atoms with Gasteiger partial charge in [0.25, 0.3) is 0 Å². The van der Waals surface area contributed by atoms with E-state index in [1.165, 1.54) is 16.5 Å². The van der Waals surface area contributed by atoms with Crippen molar-refractivity contribution >= 4 is 20.9 Å². The minimum absolute atomic E-state index is 0.0942. The van der Waals surface area contributed by atoms with Gasteiger partial charge < -0.3 is 10.3 Å². The number of fused-ring (bicyclic) bond motifs is 1. The molecule has 0 unspecified atom stereocenters. The van der Waals surface area contributed by atoms with E-state index in [1.807, 2.05) is 0 Å². The fourth-order valence-electron chi connectivity index (χ4n) is 3.75. The van der Waals surface area contributed by atoms with Crippen molar-refractivity contribution in [3.8, 4) is 0 Å². The number of hydrogen-bond acceptors (Lipinski definition) is 3. The summed E-state index contributed by atoms with van der Waals surface area (Å²) in [6.07, 6.45) is 7.16. The second-order valence-corrected chi connectivity index (χ2v) is 11.2. The molecular weight excluding hydrogens is 358 g/mol. The van der Waals surface area contributed by atoms with Gasteiger partial charge in [0.05, 0.1) is 4.75 Å². The maximum Gasteiger partial charge on any atom is 0.216 e. The molecule has 3 N–H and O–H groups in total. The number of aromatic nitrogens is 1. The number of hydrogen-bond donors (Lipinski definition) is 3. The van der Waals surface area contributed by atoms with Crippen molar-refractivity contribution in [2.45, 2.75) is 63.7 Å². The van der Waals surface area contributed by atoms with Crippen LogP contribution in [-0.2, 0) is 16.4 Å². The smallest absolute Gasteiger partial charge is 0.216 e. The highest BCUT2D eigenvalue weighted by Crippen LogP contribution is 2.26. The monoisotopic (exact) mass is 391 g/mol. The Morgan fingerprint density at radius 2 is 1.81 bits per heavy atom. The van der Waals surface area contributed by atoms with Crippen molar-refractivity contribution < 1.29 is 8.42 Å². The lowest BCUT2D eigenvalue weighted by Crippen LogP contribution is -2.46. The van der Waals surface area contributed by atoms with E-state index in [9.17, 15) is 8.42 Å². The molecule has 0 bridgehead atoms. The number of benzene rings is 1. The zero-order valence-corrected chi connectivity index (χ0v) is 17.5. The van der Waals surface area contributed by atoms with E-state index < -0.39 is 14.8 Å². The van der Waals surface area contributed by atoms with Crippen molar-refractivity contribution in [3.05, 3.63) is 36.0 Å². The van der Waals surface area contributed by atoms with E-state index in [4.69, 9.17) is 0 Å². The lowest BCUT2D eigenvalue weighted by Gasteiger charge is -2.31. The SMILES string of the molecule is CC(C)(C)S(=O)(=O)N[C@H]1CC[C@H](CNCCc2c[nH]c3ccccc23)CC1. The highest BCUT2D eigenvalue weighted by atomic mass is 32.2. The summed E-state index contributed by atoms with van der Waals surface area (Å²) in [6.45, 7) is 7.23. The Morgan fingerprint density at radius 3 is 2.52 bits per heavy atom. The Hall–Kier alpha value is -1.37. The molecule has 3 rings (SSSR count). The molecule has 1 saturated carbocycles. The van der Waals surface area contributed by atoms with Gasteiger partial charge in [0.2, 0.25) is 10.0 Å². The number of nitrogens with one attached hydrogen (secondary N) is 3. The van der Waals surface area contributed by atoms with Crippen molar-refractivity contribution in [2.24, 2.45) is 5.92 Å². The van der Waals surface area contributed by atoms with E-state index >= 15 is 0 Å². The first kappa shape index (κ1) is 20.4. The summed E-state index contributed by atoms with van der Waals surface area (Å²) in [6, 6.07) is 8.51. The zero-order valence-electron chi connectivity index (χ0n) is 16.7. The average Bonchev–Trinajstić information content (AvgIpc) is 3.02. The number of aromatic amines is 1. The molecule has 6 heteroatoms. The molecule has 0 aliphatic heterocycles. The van der Waals surface area contributed by atoms with Crippen LogP contribution in [0.15, 0.2) is 30.5 Å². The number of sulfonamides is 1. The summed E-state index contributed by atoms with van der Waals surface area (Å²) in [5.74, 6) is 0.642. The third-order valence-corrected chi connectivity index (χ3v) is 7.91. The second kappa shape index (κ2) is 8.33. The molecule has 5 nitrogen and oxygen atoms in total. The van der Waals surface area contributed by atoms with Gasteiger partial charge in [-0.15, -0.1) is 0 Å². The first-order valence-corrected chi connectivity index (χ1v) is 11.5. The average molecular weight is 392 g/mol. The highest BCUT2D eigenvalue weighted by Gasteiger charge is 2.32. The third-order valence-electron chi connectivity index (χ3n) is 5.65.